The molecule has 2 rings (SSSR count). The summed E-state index contributed by atoms with van der Waals surface area (Å²) in [6.45, 7) is 1.80. The van der Waals surface area contributed by atoms with E-state index in [4.69, 9.17) is 0 Å². The van der Waals surface area contributed by atoms with Gasteiger partial charge < -0.3 is 0 Å². The number of benzene rings is 2. The van der Waals surface area contributed by atoms with Crippen molar-refractivity contribution in [1.29, 1.82) is 0 Å². The van der Waals surface area contributed by atoms with Crippen LogP contribution in [0.5, 0.6) is 0 Å². The number of para-hydroxylation sites is 2. The van der Waals surface area contributed by atoms with Crippen molar-refractivity contribution in [2.24, 2.45) is 5.10 Å². The van der Waals surface area contributed by atoms with Crippen molar-refractivity contribution in [1.82, 2.24) is 5.43 Å². The number of nitrogens with one attached hydrogen (secondary N) is 3. The number of hydrogen-bond donors (Lipinski definition) is 3. The van der Waals surface area contributed by atoms with Gasteiger partial charge in [-0.3, -0.25) is 21.1 Å². The molecule has 0 unspecified atom stereocenters. The van der Waals surface area contributed by atoms with Gasteiger partial charge in [0.1, 0.15) is 0 Å². The van der Waals surface area contributed by atoms with Crippen molar-refractivity contribution in [3.63, 3.8) is 0 Å². The normalized spacial score (nSPS) is 10.8. The van der Waals surface area contributed by atoms with E-state index in [-0.39, 0.29) is 12.3 Å². The monoisotopic (exact) mass is 282 g/mol. The van der Waals surface area contributed by atoms with E-state index >= 15 is 0 Å². The Hall–Kier alpha value is -2.82. The van der Waals surface area contributed by atoms with Crippen LogP contribution < -0.4 is 16.3 Å². The van der Waals surface area contributed by atoms with Gasteiger partial charge in [-0.2, -0.15) is 5.10 Å². The number of hydrogen-bond acceptors (Lipinski definition) is 4. The highest BCUT2D eigenvalue weighted by molar-refractivity contribution is 6.00. The van der Waals surface area contributed by atoms with Crippen LogP contribution in [0.4, 0.5) is 11.4 Å². The van der Waals surface area contributed by atoms with E-state index in [1.165, 1.54) is 0 Å². The third-order valence-electron chi connectivity index (χ3n) is 2.69. The van der Waals surface area contributed by atoms with Crippen molar-refractivity contribution < 1.29 is 4.79 Å². The third-order valence-corrected chi connectivity index (χ3v) is 2.69. The Morgan fingerprint density at radius 3 is 2.14 bits per heavy atom. The molecule has 0 radical (unpaired) electrons. The second-order valence-electron chi connectivity index (χ2n) is 4.54. The summed E-state index contributed by atoms with van der Waals surface area (Å²) in [5.41, 5.74) is 10.8. The predicted molar refractivity (Wildman–Crippen MR) is 86.0 cm³/mol. The highest BCUT2D eigenvalue weighted by atomic mass is 16.2. The highest BCUT2D eigenvalue weighted by Gasteiger charge is 2.03. The lowest BCUT2D eigenvalue weighted by molar-refractivity contribution is -0.119. The first-order chi connectivity index (χ1) is 10.2. The van der Waals surface area contributed by atoms with Gasteiger partial charge in [-0.05, 0) is 31.2 Å². The van der Waals surface area contributed by atoms with Crippen LogP contribution in [0.1, 0.15) is 13.3 Å². The van der Waals surface area contributed by atoms with Crippen LogP contribution in [-0.4, -0.2) is 11.6 Å². The van der Waals surface area contributed by atoms with Gasteiger partial charge in [0.05, 0.1) is 17.8 Å². The van der Waals surface area contributed by atoms with E-state index in [1.807, 2.05) is 60.7 Å². The van der Waals surface area contributed by atoms with Gasteiger partial charge in [-0.1, -0.05) is 36.4 Å². The maximum absolute atomic E-state index is 11.8. The highest BCUT2D eigenvalue weighted by Crippen LogP contribution is 2.05. The van der Waals surface area contributed by atoms with Crippen LogP contribution in [-0.2, 0) is 4.79 Å². The van der Waals surface area contributed by atoms with Crippen LogP contribution in [0.25, 0.3) is 0 Å². The van der Waals surface area contributed by atoms with Gasteiger partial charge in [-0.25, -0.2) is 0 Å². The van der Waals surface area contributed by atoms with Crippen LogP contribution >= 0.6 is 0 Å². The maximum Gasteiger partial charge on any atom is 0.244 e. The largest absolute Gasteiger partial charge is 0.299 e. The molecule has 0 aliphatic rings. The number of rotatable bonds is 6. The Morgan fingerprint density at radius 2 is 1.52 bits per heavy atom. The molecule has 108 valence electrons. The van der Waals surface area contributed by atoms with Crippen molar-refractivity contribution in [2.45, 2.75) is 13.3 Å². The molecule has 0 saturated carbocycles. The summed E-state index contributed by atoms with van der Waals surface area (Å²) in [5, 5.41) is 4.17. The summed E-state index contributed by atoms with van der Waals surface area (Å²) in [6.07, 6.45) is 0.222. The van der Waals surface area contributed by atoms with Crippen molar-refractivity contribution in [2.75, 3.05) is 10.9 Å². The zero-order chi connectivity index (χ0) is 14.9. The van der Waals surface area contributed by atoms with Gasteiger partial charge in [0, 0.05) is 5.71 Å². The second kappa shape index (κ2) is 7.69. The van der Waals surface area contributed by atoms with Crippen LogP contribution in [0, 0.1) is 0 Å². The Labute approximate surface area is 124 Å². The fourth-order valence-electron chi connectivity index (χ4n) is 1.65. The lowest BCUT2D eigenvalue weighted by Gasteiger charge is -2.08. The number of anilines is 2. The molecular formula is C16H18N4O. The first kappa shape index (κ1) is 14.6. The third kappa shape index (κ3) is 5.36. The predicted octanol–water partition coefficient (Wildman–Crippen LogP) is 3.01. The summed E-state index contributed by atoms with van der Waals surface area (Å²) in [6, 6.07) is 19.0. The molecule has 1 amide bonds. The first-order valence-electron chi connectivity index (χ1n) is 6.68. The molecule has 0 spiro atoms. The number of carbonyl (C=O) groups excluding carboxylic acids is 1. The van der Waals surface area contributed by atoms with E-state index in [2.05, 4.69) is 21.4 Å². The standard InChI is InChI=1S/C16H18N4O/c1-13(17-18-14-8-4-2-5-9-14)12-16(21)20-19-15-10-6-3-7-11-15/h2-11,18-19H,12H2,1H3,(H,20,21)/b17-13+. The molecule has 0 saturated heterocycles. The number of carbonyl (C=O) groups is 1. The fourth-order valence-corrected chi connectivity index (χ4v) is 1.65. The summed E-state index contributed by atoms with van der Waals surface area (Å²) in [5.74, 6) is -0.144. The fraction of sp³-hybridized carbons (Fsp3) is 0.125. The van der Waals surface area contributed by atoms with E-state index < -0.39 is 0 Å². The SMILES string of the molecule is C/C(CC(=O)NNc1ccccc1)=N\Nc1ccccc1. The van der Waals surface area contributed by atoms with Gasteiger partial charge in [0.15, 0.2) is 0 Å². The first-order valence-corrected chi connectivity index (χ1v) is 6.68. The minimum absolute atomic E-state index is 0.144. The molecule has 0 aromatic heterocycles. The summed E-state index contributed by atoms with van der Waals surface area (Å²) < 4.78 is 0. The van der Waals surface area contributed by atoms with E-state index in [1.54, 1.807) is 6.92 Å². The smallest absolute Gasteiger partial charge is 0.244 e. The number of nitrogens with zero attached hydrogens (tertiary/aromatic N) is 1. The second-order valence-corrected chi connectivity index (χ2v) is 4.54. The molecular weight excluding hydrogens is 264 g/mol. The van der Waals surface area contributed by atoms with Gasteiger partial charge in [-0.15, -0.1) is 0 Å². The summed E-state index contributed by atoms with van der Waals surface area (Å²) >= 11 is 0. The lowest BCUT2D eigenvalue weighted by Crippen LogP contribution is -2.30. The molecule has 0 aliphatic heterocycles. The molecule has 0 heterocycles. The lowest BCUT2D eigenvalue weighted by atomic mass is 10.3. The molecule has 5 heteroatoms. The molecule has 2 aromatic carbocycles. The van der Waals surface area contributed by atoms with Gasteiger partial charge in [0.2, 0.25) is 5.91 Å². The molecule has 2 aromatic rings. The minimum atomic E-state index is -0.144. The summed E-state index contributed by atoms with van der Waals surface area (Å²) in [7, 11) is 0. The quantitative estimate of drug-likeness (QED) is 0.563. The van der Waals surface area contributed by atoms with E-state index in [0.717, 1.165) is 11.4 Å². The molecule has 21 heavy (non-hydrogen) atoms. The van der Waals surface area contributed by atoms with Gasteiger partial charge in [0.25, 0.3) is 0 Å². The van der Waals surface area contributed by atoms with Crippen LogP contribution in [0.3, 0.4) is 0 Å². The number of amides is 1. The van der Waals surface area contributed by atoms with Crippen molar-refractivity contribution in [3.8, 4) is 0 Å². The van der Waals surface area contributed by atoms with Gasteiger partial charge >= 0.3 is 0 Å². The molecule has 3 N–H and O–H groups in total. The maximum atomic E-state index is 11.8. The Morgan fingerprint density at radius 1 is 0.952 bits per heavy atom. The molecule has 0 fully saturated rings. The van der Waals surface area contributed by atoms with E-state index in [0.29, 0.717) is 5.71 Å². The average molecular weight is 282 g/mol. The zero-order valence-electron chi connectivity index (χ0n) is 11.8. The Balaban J connectivity index is 1.76. The van der Waals surface area contributed by atoms with Crippen molar-refractivity contribution >= 4 is 23.0 Å². The average Bonchev–Trinajstić information content (AvgIpc) is 2.53. The Kier molecular flexibility index (Phi) is 5.34. The molecule has 0 atom stereocenters. The Bertz CT molecular complexity index is 596. The van der Waals surface area contributed by atoms with Crippen LogP contribution in [0.2, 0.25) is 0 Å². The zero-order valence-corrected chi connectivity index (χ0v) is 11.8. The number of hydrazone groups is 1. The summed E-state index contributed by atoms with van der Waals surface area (Å²) in [4.78, 5) is 11.8. The van der Waals surface area contributed by atoms with Crippen molar-refractivity contribution in [3.05, 3.63) is 60.7 Å². The molecule has 0 aliphatic carbocycles. The molecule has 0 bridgehead atoms. The molecule has 5 nitrogen and oxygen atoms in total. The number of hydrazine groups is 1. The van der Waals surface area contributed by atoms with Crippen LogP contribution in [0.15, 0.2) is 65.8 Å². The topological polar surface area (TPSA) is 65.5 Å². The van der Waals surface area contributed by atoms with E-state index in [9.17, 15) is 4.79 Å². The minimum Gasteiger partial charge on any atom is -0.299 e.